The van der Waals surface area contributed by atoms with Crippen LogP contribution in [0.2, 0.25) is 0 Å². The van der Waals surface area contributed by atoms with Crippen molar-refractivity contribution in [2.24, 2.45) is 5.92 Å². The lowest BCUT2D eigenvalue weighted by Crippen LogP contribution is -2.31. The fourth-order valence-corrected chi connectivity index (χ4v) is 1.76. The molecule has 86 valence electrons. The zero-order valence-corrected chi connectivity index (χ0v) is 9.40. The van der Waals surface area contributed by atoms with E-state index in [9.17, 15) is 4.79 Å². The lowest BCUT2D eigenvalue weighted by Gasteiger charge is -2.14. The molecule has 5 heteroatoms. The summed E-state index contributed by atoms with van der Waals surface area (Å²) in [5, 5.41) is 12.0. The molecule has 0 spiro atoms. The van der Waals surface area contributed by atoms with E-state index in [0.717, 1.165) is 18.5 Å². The van der Waals surface area contributed by atoms with Gasteiger partial charge in [0.05, 0.1) is 0 Å². The smallest absolute Gasteiger partial charge is 0.326 e. The minimum absolute atomic E-state index is 0.244. The predicted octanol–water partition coefficient (Wildman–Crippen LogP) is 1.37. The van der Waals surface area contributed by atoms with Crippen LogP contribution in [0.4, 0.5) is 5.82 Å². The van der Waals surface area contributed by atoms with Gasteiger partial charge in [0.25, 0.3) is 0 Å². The molecule has 1 aliphatic rings. The van der Waals surface area contributed by atoms with E-state index in [2.05, 4.69) is 15.3 Å². The fourth-order valence-electron chi connectivity index (χ4n) is 1.76. The minimum Gasteiger partial charge on any atom is -0.480 e. The molecular weight excluding hydrogens is 206 g/mol. The Kier molecular flexibility index (Phi) is 2.77. The number of aliphatic carboxylic acids is 1. The molecular formula is C11H15N3O2. The summed E-state index contributed by atoms with van der Waals surface area (Å²) in [5.41, 5.74) is 0.843. The maximum absolute atomic E-state index is 11.0. The van der Waals surface area contributed by atoms with E-state index in [1.165, 1.54) is 0 Å². The zero-order chi connectivity index (χ0) is 11.7. The average molecular weight is 221 g/mol. The molecule has 2 N–H and O–H groups in total. The Morgan fingerprint density at radius 1 is 1.50 bits per heavy atom. The molecule has 2 rings (SSSR count). The highest BCUT2D eigenvalue weighted by Crippen LogP contribution is 2.34. The van der Waals surface area contributed by atoms with Crippen molar-refractivity contribution in [3.05, 3.63) is 17.6 Å². The van der Waals surface area contributed by atoms with Gasteiger partial charge in [-0.05, 0) is 32.6 Å². The van der Waals surface area contributed by atoms with Gasteiger partial charge in [0.1, 0.15) is 17.7 Å². The van der Waals surface area contributed by atoms with Gasteiger partial charge < -0.3 is 10.4 Å². The molecule has 1 aromatic rings. The number of aromatic nitrogens is 2. The number of carboxylic acid groups (broad SMARTS) is 1. The van der Waals surface area contributed by atoms with E-state index in [-0.39, 0.29) is 5.92 Å². The number of rotatable bonds is 4. The molecule has 1 fully saturated rings. The minimum atomic E-state index is -0.809. The Morgan fingerprint density at radius 2 is 2.19 bits per heavy atom. The average Bonchev–Trinajstić information content (AvgIpc) is 2.95. The van der Waals surface area contributed by atoms with E-state index in [1.807, 2.05) is 6.92 Å². The highest BCUT2D eigenvalue weighted by molar-refractivity contribution is 5.77. The normalized spacial score (nSPS) is 16.9. The van der Waals surface area contributed by atoms with E-state index < -0.39 is 12.0 Å². The molecule has 1 saturated carbocycles. The summed E-state index contributed by atoms with van der Waals surface area (Å²) in [7, 11) is 0. The van der Waals surface area contributed by atoms with E-state index in [1.54, 1.807) is 13.0 Å². The Morgan fingerprint density at radius 3 is 2.69 bits per heavy atom. The molecule has 5 nitrogen and oxygen atoms in total. The second-order valence-electron chi connectivity index (χ2n) is 4.24. The largest absolute Gasteiger partial charge is 0.480 e. The topological polar surface area (TPSA) is 75.1 Å². The first-order chi connectivity index (χ1) is 7.56. The first kappa shape index (κ1) is 10.9. The lowest BCUT2D eigenvalue weighted by atomic mass is 10.2. The standard InChI is InChI=1S/C11H15N3O2/c1-6-5-9(13-7(2)12-6)14-10(11(15)16)8-3-4-8/h5,8,10H,3-4H2,1-2H3,(H,15,16)(H,12,13,14). The van der Waals surface area contributed by atoms with Gasteiger partial charge in [0, 0.05) is 11.8 Å². The summed E-state index contributed by atoms with van der Waals surface area (Å²) in [4.78, 5) is 19.4. The van der Waals surface area contributed by atoms with Crippen LogP contribution in [0.25, 0.3) is 0 Å². The van der Waals surface area contributed by atoms with Crippen molar-refractivity contribution in [3.8, 4) is 0 Å². The Hall–Kier alpha value is -1.65. The van der Waals surface area contributed by atoms with Crippen molar-refractivity contribution in [3.63, 3.8) is 0 Å². The highest BCUT2D eigenvalue weighted by atomic mass is 16.4. The van der Waals surface area contributed by atoms with E-state index >= 15 is 0 Å². The van der Waals surface area contributed by atoms with Gasteiger partial charge in [0.15, 0.2) is 0 Å². The van der Waals surface area contributed by atoms with Crippen molar-refractivity contribution in [2.45, 2.75) is 32.7 Å². The van der Waals surface area contributed by atoms with Crippen LogP contribution in [0.3, 0.4) is 0 Å². The predicted molar refractivity (Wildman–Crippen MR) is 59.3 cm³/mol. The van der Waals surface area contributed by atoms with Crippen LogP contribution in [0.1, 0.15) is 24.4 Å². The van der Waals surface area contributed by atoms with Crippen LogP contribution >= 0.6 is 0 Å². The maximum atomic E-state index is 11.0. The zero-order valence-electron chi connectivity index (χ0n) is 9.40. The van der Waals surface area contributed by atoms with Crippen LogP contribution < -0.4 is 5.32 Å². The number of hydrogen-bond donors (Lipinski definition) is 2. The molecule has 0 saturated heterocycles. The van der Waals surface area contributed by atoms with Gasteiger partial charge in [0.2, 0.25) is 0 Å². The molecule has 0 aromatic carbocycles. The van der Waals surface area contributed by atoms with Crippen molar-refractivity contribution in [2.75, 3.05) is 5.32 Å². The molecule has 1 aromatic heterocycles. The summed E-state index contributed by atoms with van der Waals surface area (Å²) in [6, 6.07) is 1.25. The number of carbonyl (C=O) groups is 1. The first-order valence-corrected chi connectivity index (χ1v) is 5.38. The highest BCUT2D eigenvalue weighted by Gasteiger charge is 2.36. The molecule has 1 atom stereocenters. The van der Waals surface area contributed by atoms with Crippen LogP contribution in [0.5, 0.6) is 0 Å². The third-order valence-corrected chi connectivity index (χ3v) is 2.63. The Bertz CT molecular complexity index is 395. The summed E-state index contributed by atoms with van der Waals surface area (Å²) in [6.45, 7) is 3.66. The quantitative estimate of drug-likeness (QED) is 0.803. The van der Waals surface area contributed by atoms with Gasteiger partial charge in [-0.25, -0.2) is 14.8 Å². The van der Waals surface area contributed by atoms with Gasteiger partial charge in [-0.3, -0.25) is 0 Å². The number of anilines is 1. The van der Waals surface area contributed by atoms with Crippen molar-refractivity contribution in [1.29, 1.82) is 0 Å². The molecule has 1 unspecified atom stereocenters. The van der Waals surface area contributed by atoms with Crippen molar-refractivity contribution in [1.82, 2.24) is 9.97 Å². The van der Waals surface area contributed by atoms with Crippen LogP contribution in [-0.2, 0) is 4.79 Å². The number of nitrogens with one attached hydrogen (secondary N) is 1. The summed E-state index contributed by atoms with van der Waals surface area (Å²) in [5.74, 6) is 0.691. The van der Waals surface area contributed by atoms with Gasteiger partial charge >= 0.3 is 5.97 Å². The monoisotopic (exact) mass is 221 g/mol. The third kappa shape index (κ3) is 2.48. The number of nitrogens with zero attached hydrogens (tertiary/aromatic N) is 2. The number of aryl methyl sites for hydroxylation is 2. The molecule has 0 aliphatic heterocycles. The molecule has 1 aliphatic carbocycles. The lowest BCUT2D eigenvalue weighted by molar-refractivity contribution is -0.138. The second kappa shape index (κ2) is 4.08. The fraction of sp³-hybridized carbons (Fsp3) is 0.545. The van der Waals surface area contributed by atoms with Crippen molar-refractivity contribution >= 4 is 11.8 Å². The maximum Gasteiger partial charge on any atom is 0.326 e. The summed E-state index contributed by atoms with van der Waals surface area (Å²) >= 11 is 0. The van der Waals surface area contributed by atoms with E-state index in [4.69, 9.17) is 5.11 Å². The molecule has 0 radical (unpaired) electrons. The van der Waals surface area contributed by atoms with Crippen LogP contribution in [0, 0.1) is 19.8 Å². The van der Waals surface area contributed by atoms with Gasteiger partial charge in [-0.2, -0.15) is 0 Å². The van der Waals surface area contributed by atoms with Crippen molar-refractivity contribution < 1.29 is 9.90 Å². The summed E-state index contributed by atoms with van der Waals surface area (Å²) < 4.78 is 0. The molecule has 0 bridgehead atoms. The number of carboxylic acids is 1. The van der Waals surface area contributed by atoms with Crippen LogP contribution in [0.15, 0.2) is 6.07 Å². The summed E-state index contributed by atoms with van der Waals surface area (Å²) in [6.07, 6.45) is 1.96. The van der Waals surface area contributed by atoms with Gasteiger partial charge in [-0.1, -0.05) is 0 Å². The third-order valence-electron chi connectivity index (χ3n) is 2.63. The second-order valence-corrected chi connectivity index (χ2v) is 4.24. The Balaban J connectivity index is 2.14. The first-order valence-electron chi connectivity index (χ1n) is 5.38. The van der Waals surface area contributed by atoms with E-state index in [0.29, 0.717) is 11.6 Å². The SMILES string of the molecule is Cc1cc(NC(C(=O)O)C2CC2)nc(C)n1. The van der Waals surface area contributed by atoms with Gasteiger partial charge in [-0.15, -0.1) is 0 Å². The molecule has 1 heterocycles. The molecule has 16 heavy (non-hydrogen) atoms. The van der Waals surface area contributed by atoms with Crippen LogP contribution in [-0.4, -0.2) is 27.1 Å². The Labute approximate surface area is 93.9 Å². The number of hydrogen-bond acceptors (Lipinski definition) is 4. The molecule has 0 amide bonds.